The summed E-state index contributed by atoms with van der Waals surface area (Å²) in [5.41, 5.74) is 0.840. The van der Waals surface area contributed by atoms with E-state index in [1.54, 1.807) is 61.5 Å². The first kappa shape index (κ1) is 18.1. The molecule has 24 heavy (non-hydrogen) atoms. The summed E-state index contributed by atoms with van der Waals surface area (Å²) in [5.74, 6) is -2.48. The molecule has 1 atom stereocenters. The second kappa shape index (κ2) is 8.55. The van der Waals surface area contributed by atoms with E-state index in [1.165, 1.54) is 0 Å². The molecule has 2 aromatic rings. The topological polar surface area (TPSA) is 60.4 Å². The highest BCUT2D eigenvalue weighted by atomic mass is 79.9. The van der Waals surface area contributed by atoms with Crippen LogP contribution in [0.3, 0.4) is 0 Å². The predicted molar refractivity (Wildman–Crippen MR) is 94.0 cm³/mol. The number of benzene rings is 2. The van der Waals surface area contributed by atoms with Crippen LogP contribution in [0.25, 0.3) is 0 Å². The van der Waals surface area contributed by atoms with Gasteiger partial charge >= 0.3 is 5.97 Å². The Morgan fingerprint density at radius 1 is 0.958 bits per heavy atom. The van der Waals surface area contributed by atoms with Gasteiger partial charge < -0.3 is 4.74 Å². The molecular weight excluding hydrogens is 372 g/mol. The van der Waals surface area contributed by atoms with Crippen LogP contribution in [0.15, 0.2) is 59.1 Å². The summed E-state index contributed by atoms with van der Waals surface area (Å²) in [5, 5.41) is 0. The molecule has 0 aromatic heterocycles. The quantitative estimate of drug-likeness (QED) is 0.407. The number of ether oxygens (including phenoxy) is 1. The van der Waals surface area contributed by atoms with Gasteiger partial charge in [-0.1, -0.05) is 58.4 Å². The number of esters is 1. The summed E-state index contributed by atoms with van der Waals surface area (Å²) < 4.78 is 5.83. The summed E-state index contributed by atoms with van der Waals surface area (Å²) in [4.78, 5) is 37.2. The number of carbonyl (C=O) groups is 3. The standard InChI is InChI=1S/C19H17BrO4/c1-2-24-19(23)16(18(22)14-6-4-3-5-7-14)12-17(21)13-8-10-15(20)11-9-13/h3-11,16H,2,12H2,1H3/t16-/m0/s1. The summed E-state index contributed by atoms with van der Waals surface area (Å²) in [6.45, 7) is 1.82. The maximum Gasteiger partial charge on any atom is 0.317 e. The molecule has 0 saturated carbocycles. The Morgan fingerprint density at radius 2 is 1.58 bits per heavy atom. The van der Waals surface area contributed by atoms with E-state index in [4.69, 9.17) is 4.74 Å². The number of ketones is 2. The maximum atomic E-state index is 12.6. The Bertz CT molecular complexity index is 723. The number of Topliss-reactive ketones (excluding diaryl/α,β-unsaturated/α-hetero) is 2. The van der Waals surface area contributed by atoms with Gasteiger partial charge in [-0.05, 0) is 19.1 Å². The predicted octanol–water partition coefficient (Wildman–Crippen LogP) is 4.08. The third-order valence-corrected chi connectivity index (χ3v) is 4.03. The van der Waals surface area contributed by atoms with Crippen molar-refractivity contribution >= 4 is 33.5 Å². The lowest BCUT2D eigenvalue weighted by atomic mass is 9.91. The van der Waals surface area contributed by atoms with Crippen LogP contribution < -0.4 is 0 Å². The zero-order chi connectivity index (χ0) is 17.5. The number of hydrogen-bond donors (Lipinski definition) is 0. The largest absolute Gasteiger partial charge is 0.465 e. The van der Waals surface area contributed by atoms with Gasteiger partial charge in [0.2, 0.25) is 0 Å². The van der Waals surface area contributed by atoms with E-state index in [0.29, 0.717) is 11.1 Å². The van der Waals surface area contributed by atoms with Crippen LogP contribution in [0, 0.1) is 5.92 Å². The van der Waals surface area contributed by atoms with Crippen LogP contribution in [0.1, 0.15) is 34.1 Å². The molecule has 0 aliphatic rings. The molecule has 124 valence electrons. The Morgan fingerprint density at radius 3 is 2.17 bits per heavy atom. The van der Waals surface area contributed by atoms with Crippen molar-refractivity contribution in [2.75, 3.05) is 6.61 Å². The third-order valence-electron chi connectivity index (χ3n) is 3.50. The van der Waals surface area contributed by atoms with Crippen molar-refractivity contribution in [1.29, 1.82) is 0 Å². The summed E-state index contributed by atoms with van der Waals surface area (Å²) in [7, 11) is 0. The Balaban J connectivity index is 2.23. The lowest BCUT2D eigenvalue weighted by Crippen LogP contribution is -2.29. The highest BCUT2D eigenvalue weighted by Crippen LogP contribution is 2.19. The molecule has 5 heteroatoms. The molecule has 0 aliphatic carbocycles. The Labute approximate surface area is 149 Å². The molecule has 2 rings (SSSR count). The van der Waals surface area contributed by atoms with E-state index in [2.05, 4.69) is 15.9 Å². The molecule has 0 radical (unpaired) electrons. The van der Waals surface area contributed by atoms with Gasteiger partial charge in [0.15, 0.2) is 11.6 Å². The molecule has 0 amide bonds. The lowest BCUT2D eigenvalue weighted by molar-refractivity contribution is -0.146. The van der Waals surface area contributed by atoms with Crippen LogP contribution >= 0.6 is 15.9 Å². The van der Waals surface area contributed by atoms with Gasteiger partial charge in [0.05, 0.1) is 6.61 Å². The molecule has 0 saturated heterocycles. The van der Waals surface area contributed by atoms with Crippen molar-refractivity contribution in [2.24, 2.45) is 5.92 Å². The van der Waals surface area contributed by atoms with E-state index in [0.717, 1.165) is 4.47 Å². The number of rotatable bonds is 7. The number of carbonyl (C=O) groups excluding carboxylic acids is 3. The third kappa shape index (κ3) is 4.61. The lowest BCUT2D eigenvalue weighted by Gasteiger charge is -2.14. The Kier molecular flexibility index (Phi) is 6.44. The molecule has 0 bridgehead atoms. The van der Waals surface area contributed by atoms with Crippen molar-refractivity contribution in [2.45, 2.75) is 13.3 Å². The number of halogens is 1. The molecule has 0 spiro atoms. The molecule has 0 aliphatic heterocycles. The average Bonchev–Trinajstić information content (AvgIpc) is 2.60. The smallest absolute Gasteiger partial charge is 0.317 e. The molecule has 2 aromatic carbocycles. The minimum absolute atomic E-state index is 0.157. The molecule has 0 N–H and O–H groups in total. The van der Waals surface area contributed by atoms with Crippen LogP contribution in [0.4, 0.5) is 0 Å². The summed E-state index contributed by atoms with van der Waals surface area (Å²) in [6.07, 6.45) is -0.214. The fraction of sp³-hybridized carbons (Fsp3) is 0.211. The van der Waals surface area contributed by atoms with Crippen molar-refractivity contribution in [3.05, 3.63) is 70.2 Å². The van der Waals surface area contributed by atoms with Crippen LogP contribution in [-0.4, -0.2) is 24.1 Å². The molecular formula is C19H17BrO4. The van der Waals surface area contributed by atoms with Gasteiger partial charge in [0.1, 0.15) is 5.92 Å². The summed E-state index contributed by atoms with van der Waals surface area (Å²) >= 11 is 3.30. The van der Waals surface area contributed by atoms with Gasteiger partial charge in [0, 0.05) is 22.0 Å². The molecule has 0 fully saturated rings. The first-order valence-electron chi connectivity index (χ1n) is 7.57. The van der Waals surface area contributed by atoms with Crippen molar-refractivity contribution in [3.63, 3.8) is 0 Å². The zero-order valence-corrected chi connectivity index (χ0v) is 14.8. The highest BCUT2D eigenvalue weighted by molar-refractivity contribution is 9.10. The maximum absolute atomic E-state index is 12.6. The SMILES string of the molecule is CCOC(=O)[C@@H](CC(=O)c1ccc(Br)cc1)C(=O)c1ccccc1. The first-order valence-corrected chi connectivity index (χ1v) is 8.37. The molecule has 0 unspecified atom stereocenters. The first-order chi connectivity index (χ1) is 11.5. The van der Waals surface area contributed by atoms with Gasteiger partial charge in [0.25, 0.3) is 0 Å². The van der Waals surface area contributed by atoms with Crippen molar-refractivity contribution in [1.82, 2.24) is 0 Å². The van der Waals surface area contributed by atoms with Gasteiger partial charge in [-0.2, -0.15) is 0 Å². The monoisotopic (exact) mass is 388 g/mol. The van der Waals surface area contributed by atoms with Crippen LogP contribution in [-0.2, 0) is 9.53 Å². The highest BCUT2D eigenvalue weighted by Gasteiger charge is 2.31. The van der Waals surface area contributed by atoms with Crippen LogP contribution in [0.2, 0.25) is 0 Å². The fourth-order valence-electron chi connectivity index (χ4n) is 2.27. The van der Waals surface area contributed by atoms with Gasteiger partial charge in [-0.15, -0.1) is 0 Å². The normalized spacial score (nSPS) is 11.6. The summed E-state index contributed by atoms with van der Waals surface area (Å²) in [6, 6.07) is 15.2. The van der Waals surface area contributed by atoms with E-state index in [9.17, 15) is 14.4 Å². The van der Waals surface area contributed by atoms with E-state index in [1.807, 2.05) is 0 Å². The second-order valence-electron chi connectivity index (χ2n) is 5.17. The van der Waals surface area contributed by atoms with E-state index >= 15 is 0 Å². The molecule has 4 nitrogen and oxygen atoms in total. The van der Waals surface area contributed by atoms with Gasteiger partial charge in [-0.25, -0.2) is 0 Å². The van der Waals surface area contributed by atoms with Gasteiger partial charge in [-0.3, -0.25) is 14.4 Å². The van der Waals surface area contributed by atoms with Crippen molar-refractivity contribution < 1.29 is 19.1 Å². The van der Waals surface area contributed by atoms with E-state index < -0.39 is 17.7 Å². The fourth-order valence-corrected chi connectivity index (χ4v) is 2.53. The Hall–Kier alpha value is -2.27. The zero-order valence-electron chi connectivity index (χ0n) is 13.2. The average molecular weight is 389 g/mol. The minimum atomic E-state index is -1.14. The second-order valence-corrected chi connectivity index (χ2v) is 6.08. The molecule has 0 heterocycles. The van der Waals surface area contributed by atoms with Crippen LogP contribution in [0.5, 0.6) is 0 Å². The van der Waals surface area contributed by atoms with Crippen molar-refractivity contribution in [3.8, 4) is 0 Å². The van der Waals surface area contributed by atoms with E-state index in [-0.39, 0.29) is 18.8 Å². The number of hydrogen-bond acceptors (Lipinski definition) is 4. The minimum Gasteiger partial charge on any atom is -0.465 e.